The Morgan fingerprint density at radius 1 is 1.44 bits per heavy atom. The highest BCUT2D eigenvalue weighted by molar-refractivity contribution is 5.98. The van der Waals surface area contributed by atoms with Crippen molar-refractivity contribution in [2.75, 3.05) is 0 Å². The largest absolute Gasteiger partial charge is 0.331 e. The van der Waals surface area contributed by atoms with Crippen molar-refractivity contribution >= 4 is 5.91 Å². The van der Waals surface area contributed by atoms with Crippen molar-refractivity contribution in [1.82, 2.24) is 4.90 Å². The molecule has 0 spiro atoms. The second-order valence-electron chi connectivity index (χ2n) is 4.49. The third-order valence-electron chi connectivity index (χ3n) is 3.28. The van der Waals surface area contributed by atoms with Gasteiger partial charge < -0.3 is 4.90 Å². The van der Waals surface area contributed by atoms with E-state index in [2.05, 4.69) is 6.07 Å². The lowest BCUT2D eigenvalue weighted by atomic mass is 10.0. The number of carbonyl (C=O) groups excluding carboxylic acids is 1. The van der Waals surface area contributed by atoms with E-state index in [1.165, 1.54) is 0 Å². The Balaban J connectivity index is 1.94. The van der Waals surface area contributed by atoms with E-state index in [9.17, 15) is 4.79 Å². The standard InChI is InChI=1S/C13H12N2O/c14-6-5-9-1-2-10-8-15(11-3-4-11)13(16)12(10)7-9/h1-2,7,11H,3-5,8H2. The summed E-state index contributed by atoms with van der Waals surface area (Å²) in [6.07, 6.45) is 2.67. The molecule has 0 bridgehead atoms. The van der Waals surface area contributed by atoms with Crippen molar-refractivity contribution in [2.24, 2.45) is 0 Å². The molecule has 1 aliphatic carbocycles. The SMILES string of the molecule is N#CCc1ccc2c(c1)C(=O)N(C1CC1)C2. The summed E-state index contributed by atoms with van der Waals surface area (Å²) in [4.78, 5) is 14.0. The van der Waals surface area contributed by atoms with Crippen molar-refractivity contribution in [1.29, 1.82) is 5.26 Å². The molecule has 2 aliphatic rings. The Hall–Kier alpha value is -1.82. The summed E-state index contributed by atoms with van der Waals surface area (Å²) in [5.41, 5.74) is 2.85. The van der Waals surface area contributed by atoms with Gasteiger partial charge in [0.15, 0.2) is 0 Å². The van der Waals surface area contributed by atoms with E-state index < -0.39 is 0 Å². The third-order valence-corrected chi connectivity index (χ3v) is 3.28. The molecule has 0 N–H and O–H groups in total. The fourth-order valence-corrected chi connectivity index (χ4v) is 2.25. The maximum absolute atomic E-state index is 12.1. The summed E-state index contributed by atoms with van der Waals surface area (Å²) >= 11 is 0. The summed E-state index contributed by atoms with van der Waals surface area (Å²) < 4.78 is 0. The molecular formula is C13H12N2O. The molecule has 1 aromatic rings. The van der Waals surface area contributed by atoms with E-state index in [0.29, 0.717) is 12.5 Å². The van der Waals surface area contributed by atoms with Crippen molar-refractivity contribution in [3.05, 3.63) is 34.9 Å². The smallest absolute Gasteiger partial charge is 0.254 e. The molecule has 80 valence electrons. The first-order chi connectivity index (χ1) is 7.79. The number of nitrogens with zero attached hydrogens (tertiary/aromatic N) is 2. The first-order valence-electron chi connectivity index (χ1n) is 5.59. The van der Waals surface area contributed by atoms with Gasteiger partial charge in [0, 0.05) is 18.2 Å². The highest BCUT2D eigenvalue weighted by Crippen LogP contribution is 2.34. The number of fused-ring (bicyclic) bond motifs is 1. The van der Waals surface area contributed by atoms with E-state index in [1.807, 2.05) is 23.1 Å². The zero-order valence-electron chi connectivity index (χ0n) is 8.94. The molecular weight excluding hydrogens is 200 g/mol. The number of nitriles is 1. The van der Waals surface area contributed by atoms with Gasteiger partial charge in [-0.05, 0) is 30.0 Å². The van der Waals surface area contributed by atoms with Crippen LogP contribution >= 0.6 is 0 Å². The van der Waals surface area contributed by atoms with Gasteiger partial charge in [0.05, 0.1) is 12.5 Å². The van der Waals surface area contributed by atoms with Crippen LogP contribution in [-0.2, 0) is 13.0 Å². The van der Waals surface area contributed by atoms with Crippen LogP contribution in [0, 0.1) is 11.3 Å². The molecule has 0 saturated heterocycles. The van der Waals surface area contributed by atoms with E-state index in [1.54, 1.807) is 0 Å². The quantitative estimate of drug-likeness (QED) is 0.751. The molecule has 3 rings (SSSR count). The summed E-state index contributed by atoms with van der Waals surface area (Å²) in [5.74, 6) is 0.150. The van der Waals surface area contributed by atoms with Gasteiger partial charge in [-0.1, -0.05) is 12.1 Å². The minimum atomic E-state index is 0.150. The topological polar surface area (TPSA) is 44.1 Å². The summed E-state index contributed by atoms with van der Waals surface area (Å²) in [6, 6.07) is 8.40. The maximum Gasteiger partial charge on any atom is 0.254 e. The number of amides is 1. The average Bonchev–Trinajstić information content (AvgIpc) is 3.07. The highest BCUT2D eigenvalue weighted by atomic mass is 16.2. The van der Waals surface area contributed by atoms with Gasteiger partial charge >= 0.3 is 0 Å². The molecule has 1 aliphatic heterocycles. The highest BCUT2D eigenvalue weighted by Gasteiger charge is 2.38. The lowest BCUT2D eigenvalue weighted by Gasteiger charge is -2.13. The Labute approximate surface area is 94.3 Å². The lowest BCUT2D eigenvalue weighted by molar-refractivity contribution is 0.0766. The van der Waals surface area contributed by atoms with Crippen LogP contribution in [0.3, 0.4) is 0 Å². The second-order valence-corrected chi connectivity index (χ2v) is 4.49. The number of hydrogen-bond acceptors (Lipinski definition) is 2. The molecule has 0 radical (unpaired) electrons. The second kappa shape index (κ2) is 3.34. The van der Waals surface area contributed by atoms with Gasteiger partial charge in [0.25, 0.3) is 5.91 Å². The van der Waals surface area contributed by atoms with Crippen LogP contribution in [-0.4, -0.2) is 16.8 Å². The molecule has 1 amide bonds. The number of rotatable bonds is 2. The van der Waals surface area contributed by atoms with Gasteiger partial charge in [-0.3, -0.25) is 4.79 Å². The van der Waals surface area contributed by atoms with Gasteiger partial charge in [-0.15, -0.1) is 0 Å². The summed E-state index contributed by atoms with van der Waals surface area (Å²) in [6.45, 7) is 0.756. The van der Waals surface area contributed by atoms with Crippen LogP contribution in [0.25, 0.3) is 0 Å². The minimum Gasteiger partial charge on any atom is -0.331 e. The van der Waals surface area contributed by atoms with Gasteiger partial charge in [-0.25, -0.2) is 0 Å². The van der Waals surface area contributed by atoms with E-state index in [0.717, 1.165) is 36.1 Å². The Morgan fingerprint density at radius 2 is 2.25 bits per heavy atom. The molecule has 1 saturated carbocycles. The Morgan fingerprint density at radius 3 is 2.94 bits per heavy atom. The third kappa shape index (κ3) is 1.38. The van der Waals surface area contributed by atoms with E-state index >= 15 is 0 Å². The minimum absolute atomic E-state index is 0.150. The van der Waals surface area contributed by atoms with Gasteiger partial charge in [-0.2, -0.15) is 5.26 Å². The van der Waals surface area contributed by atoms with E-state index in [-0.39, 0.29) is 5.91 Å². The van der Waals surface area contributed by atoms with Crippen molar-refractivity contribution < 1.29 is 4.79 Å². The number of hydrogen-bond donors (Lipinski definition) is 0. The van der Waals surface area contributed by atoms with Crippen LogP contribution in [0.5, 0.6) is 0 Å². The molecule has 0 atom stereocenters. The molecule has 0 unspecified atom stereocenters. The zero-order chi connectivity index (χ0) is 11.1. The molecule has 1 heterocycles. The van der Waals surface area contributed by atoms with E-state index in [4.69, 9.17) is 5.26 Å². The predicted molar refractivity (Wildman–Crippen MR) is 58.7 cm³/mol. The molecule has 0 aromatic heterocycles. The average molecular weight is 212 g/mol. The fraction of sp³-hybridized carbons (Fsp3) is 0.385. The first kappa shape index (κ1) is 9.41. The monoisotopic (exact) mass is 212 g/mol. The summed E-state index contributed by atoms with van der Waals surface area (Å²) in [7, 11) is 0. The Bertz CT molecular complexity index is 497. The van der Waals surface area contributed by atoms with Crippen LogP contribution in [0.1, 0.15) is 34.3 Å². The molecule has 1 aromatic carbocycles. The number of benzene rings is 1. The number of carbonyl (C=O) groups is 1. The van der Waals surface area contributed by atoms with Crippen molar-refractivity contribution in [2.45, 2.75) is 31.8 Å². The summed E-state index contributed by atoms with van der Waals surface area (Å²) in [5, 5.41) is 8.64. The van der Waals surface area contributed by atoms with Crippen molar-refractivity contribution in [3.63, 3.8) is 0 Å². The normalized spacial score (nSPS) is 18.4. The molecule has 3 heteroatoms. The predicted octanol–water partition coefficient (Wildman–Crippen LogP) is 1.87. The van der Waals surface area contributed by atoms with Crippen molar-refractivity contribution in [3.8, 4) is 6.07 Å². The molecule has 3 nitrogen and oxygen atoms in total. The Kier molecular flexibility index (Phi) is 1.97. The maximum atomic E-state index is 12.1. The zero-order valence-corrected chi connectivity index (χ0v) is 8.94. The van der Waals surface area contributed by atoms with Crippen LogP contribution in [0.15, 0.2) is 18.2 Å². The lowest BCUT2D eigenvalue weighted by Crippen LogP contribution is -2.25. The van der Waals surface area contributed by atoms with Crippen LogP contribution < -0.4 is 0 Å². The van der Waals surface area contributed by atoms with Crippen LogP contribution in [0.4, 0.5) is 0 Å². The molecule has 16 heavy (non-hydrogen) atoms. The molecule has 1 fully saturated rings. The van der Waals surface area contributed by atoms with Gasteiger partial charge in [0.2, 0.25) is 0 Å². The fourth-order valence-electron chi connectivity index (χ4n) is 2.25. The first-order valence-corrected chi connectivity index (χ1v) is 5.59. The van der Waals surface area contributed by atoms with Crippen LogP contribution in [0.2, 0.25) is 0 Å². The van der Waals surface area contributed by atoms with Gasteiger partial charge in [0.1, 0.15) is 0 Å².